The molecule has 6 nitrogen and oxygen atoms in total. The lowest BCUT2D eigenvalue weighted by atomic mass is 10.1. The number of sulfonamides is 1. The third-order valence-electron chi connectivity index (χ3n) is 4.85. The number of nitrogens with one attached hydrogen (secondary N) is 2. The van der Waals surface area contributed by atoms with Crippen molar-refractivity contribution in [3.8, 4) is 5.75 Å². The van der Waals surface area contributed by atoms with Gasteiger partial charge < -0.3 is 10.1 Å². The van der Waals surface area contributed by atoms with Crippen molar-refractivity contribution in [3.63, 3.8) is 0 Å². The van der Waals surface area contributed by atoms with E-state index < -0.39 is 16.1 Å². The van der Waals surface area contributed by atoms with Gasteiger partial charge in [-0.1, -0.05) is 61.0 Å². The van der Waals surface area contributed by atoms with E-state index in [1.54, 1.807) is 6.92 Å². The number of carbonyl (C=O) groups is 1. The number of anilines is 1. The molecule has 2 N–H and O–H groups in total. The molecule has 0 bridgehead atoms. The zero-order chi connectivity index (χ0) is 23.1. The average Bonchev–Trinajstić information content (AvgIpc) is 2.79. The maximum atomic E-state index is 12.7. The number of hydrogen-bond acceptors (Lipinski definition) is 4. The van der Waals surface area contributed by atoms with Gasteiger partial charge in [0, 0.05) is 11.7 Å². The van der Waals surface area contributed by atoms with Gasteiger partial charge in [0.25, 0.3) is 5.91 Å². The normalized spacial score (nSPS) is 12.2. The van der Waals surface area contributed by atoms with Crippen LogP contribution in [-0.4, -0.2) is 20.9 Å². The molecule has 168 valence electrons. The Hall–Kier alpha value is -2.87. The second kappa shape index (κ2) is 10.6. The molecule has 0 saturated heterocycles. The van der Waals surface area contributed by atoms with Gasteiger partial charge in [-0.25, -0.2) is 13.1 Å². The number of carbonyl (C=O) groups excluding carboxylic acids is 1. The van der Waals surface area contributed by atoms with E-state index >= 15 is 0 Å². The predicted molar refractivity (Wildman–Crippen MR) is 127 cm³/mol. The summed E-state index contributed by atoms with van der Waals surface area (Å²) < 4.78 is 33.5. The zero-order valence-corrected chi connectivity index (χ0v) is 19.4. The Morgan fingerprint density at radius 1 is 1.03 bits per heavy atom. The number of rotatable bonds is 9. The highest BCUT2D eigenvalue weighted by Gasteiger charge is 2.20. The molecule has 0 radical (unpaired) electrons. The van der Waals surface area contributed by atoms with Crippen molar-refractivity contribution >= 4 is 33.2 Å². The lowest BCUT2D eigenvalue weighted by Crippen LogP contribution is -2.27. The van der Waals surface area contributed by atoms with E-state index in [4.69, 9.17) is 16.3 Å². The van der Waals surface area contributed by atoms with Crippen LogP contribution in [0.2, 0.25) is 5.02 Å². The summed E-state index contributed by atoms with van der Waals surface area (Å²) in [6, 6.07) is 20.5. The van der Waals surface area contributed by atoms with E-state index in [1.165, 1.54) is 23.8 Å². The van der Waals surface area contributed by atoms with Crippen LogP contribution in [0, 0.1) is 0 Å². The monoisotopic (exact) mass is 472 g/mol. The van der Waals surface area contributed by atoms with Crippen molar-refractivity contribution in [2.45, 2.75) is 31.2 Å². The molecule has 3 rings (SSSR count). The molecule has 3 aromatic rings. The van der Waals surface area contributed by atoms with Crippen LogP contribution in [0.5, 0.6) is 5.75 Å². The maximum Gasteiger partial charge on any atom is 0.262 e. The minimum atomic E-state index is -3.79. The van der Waals surface area contributed by atoms with Gasteiger partial charge in [-0.3, -0.25) is 4.79 Å². The molecule has 0 aliphatic carbocycles. The van der Waals surface area contributed by atoms with Gasteiger partial charge >= 0.3 is 0 Å². The molecule has 0 aliphatic heterocycles. The van der Waals surface area contributed by atoms with E-state index in [0.29, 0.717) is 5.69 Å². The van der Waals surface area contributed by atoms with Gasteiger partial charge in [-0.15, -0.1) is 0 Å². The number of benzene rings is 3. The first kappa shape index (κ1) is 23.8. The first-order valence-corrected chi connectivity index (χ1v) is 12.0. The van der Waals surface area contributed by atoms with Crippen LogP contribution in [0.25, 0.3) is 0 Å². The number of amides is 1. The summed E-state index contributed by atoms with van der Waals surface area (Å²) in [5.41, 5.74) is 2.69. The molecule has 1 atom stereocenters. The minimum Gasteiger partial charge on any atom is -0.482 e. The van der Waals surface area contributed by atoms with Gasteiger partial charge in [0.05, 0.1) is 9.92 Å². The first-order valence-electron chi connectivity index (χ1n) is 10.2. The summed E-state index contributed by atoms with van der Waals surface area (Å²) >= 11 is 6.22. The van der Waals surface area contributed by atoms with Crippen LogP contribution in [0.3, 0.4) is 0 Å². The van der Waals surface area contributed by atoms with Gasteiger partial charge in [0.15, 0.2) is 6.61 Å². The lowest BCUT2D eigenvalue weighted by Gasteiger charge is -2.15. The van der Waals surface area contributed by atoms with Gasteiger partial charge in [0.1, 0.15) is 5.75 Å². The SMILES string of the molecule is CCc1ccc(NC(=O)COc2ccc(S(=O)(=O)N[C@H](C)c3ccccc3)cc2Cl)cc1. The number of ether oxygens (including phenoxy) is 1. The van der Waals surface area contributed by atoms with Crippen molar-refractivity contribution in [2.24, 2.45) is 0 Å². The molecular formula is C24H25ClN2O4S. The van der Waals surface area contributed by atoms with E-state index in [2.05, 4.69) is 17.0 Å². The largest absolute Gasteiger partial charge is 0.482 e. The fraction of sp³-hybridized carbons (Fsp3) is 0.208. The Bertz CT molecular complexity index is 1170. The summed E-state index contributed by atoms with van der Waals surface area (Å²) in [5, 5.41) is 2.84. The lowest BCUT2D eigenvalue weighted by molar-refractivity contribution is -0.118. The molecule has 0 saturated carbocycles. The van der Waals surface area contributed by atoms with Gasteiger partial charge in [-0.2, -0.15) is 0 Å². The van der Waals surface area contributed by atoms with Crippen LogP contribution in [-0.2, 0) is 21.2 Å². The van der Waals surface area contributed by atoms with Gasteiger partial charge in [0.2, 0.25) is 10.0 Å². The summed E-state index contributed by atoms with van der Waals surface area (Å²) in [5.74, 6) is -0.126. The fourth-order valence-electron chi connectivity index (χ4n) is 3.04. The molecule has 32 heavy (non-hydrogen) atoms. The summed E-state index contributed by atoms with van der Waals surface area (Å²) in [7, 11) is -3.79. The molecule has 1 amide bonds. The van der Waals surface area contributed by atoms with E-state index in [1.807, 2.05) is 54.6 Å². The molecule has 0 fully saturated rings. The quantitative estimate of drug-likeness (QED) is 0.461. The van der Waals surface area contributed by atoms with Crippen LogP contribution in [0.15, 0.2) is 77.7 Å². The fourth-order valence-corrected chi connectivity index (χ4v) is 4.60. The molecule has 3 aromatic carbocycles. The van der Waals surface area contributed by atoms with Crippen molar-refractivity contribution < 1.29 is 17.9 Å². The van der Waals surface area contributed by atoms with Crippen molar-refractivity contribution in [1.29, 1.82) is 0 Å². The second-order valence-electron chi connectivity index (χ2n) is 7.23. The van der Waals surface area contributed by atoms with Gasteiger partial charge in [-0.05, 0) is 54.8 Å². The average molecular weight is 473 g/mol. The van der Waals surface area contributed by atoms with Crippen molar-refractivity contribution in [3.05, 3.63) is 88.9 Å². The maximum absolute atomic E-state index is 12.7. The Balaban J connectivity index is 1.60. The minimum absolute atomic E-state index is 0.0121. The smallest absolute Gasteiger partial charge is 0.262 e. The Morgan fingerprint density at radius 3 is 2.34 bits per heavy atom. The predicted octanol–water partition coefficient (Wildman–Crippen LogP) is 4.96. The Morgan fingerprint density at radius 2 is 1.72 bits per heavy atom. The number of hydrogen-bond donors (Lipinski definition) is 2. The highest BCUT2D eigenvalue weighted by molar-refractivity contribution is 7.89. The molecular weight excluding hydrogens is 448 g/mol. The molecule has 0 aliphatic rings. The molecule has 0 heterocycles. The summed E-state index contributed by atoms with van der Waals surface area (Å²) in [6.45, 7) is 3.56. The van der Waals surface area contributed by atoms with Crippen LogP contribution < -0.4 is 14.8 Å². The van der Waals surface area contributed by atoms with E-state index in [-0.39, 0.29) is 28.2 Å². The third-order valence-corrected chi connectivity index (χ3v) is 6.68. The molecule has 8 heteroatoms. The van der Waals surface area contributed by atoms with Crippen LogP contribution >= 0.6 is 11.6 Å². The third kappa shape index (κ3) is 6.32. The zero-order valence-electron chi connectivity index (χ0n) is 17.8. The molecule has 0 spiro atoms. The van der Waals surface area contributed by atoms with Crippen molar-refractivity contribution in [2.75, 3.05) is 11.9 Å². The van der Waals surface area contributed by atoms with Crippen molar-refractivity contribution in [1.82, 2.24) is 4.72 Å². The number of halogens is 1. The summed E-state index contributed by atoms with van der Waals surface area (Å²) in [6.07, 6.45) is 0.919. The highest BCUT2D eigenvalue weighted by atomic mass is 35.5. The van der Waals surface area contributed by atoms with E-state index in [0.717, 1.165) is 12.0 Å². The molecule has 0 aromatic heterocycles. The Labute approximate surface area is 193 Å². The number of aryl methyl sites for hydroxylation is 1. The standard InChI is InChI=1S/C24H25ClN2O4S/c1-3-18-9-11-20(12-10-18)26-24(28)16-31-23-14-13-21(15-22(23)25)32(29,30)27-17(2)19-7-5-4-6-8-19/h4-15,17,27H,3,16H2,1-2H3,(H,26,28)/t17-/m1/s1. The van der Waals surface area contributed by atoms with Crippen LogP contribution in [0.1, 0.15) is 31.0 Å². The molecule has 0 unspecified atom stereocenters. The Kier molecular flexibility index (Phi) is 7.90. The highest BCUT2D eigenvalue weighted by Crippen LogP contribution is 2.28. The topological polar surface area (TPSA) is 84.5 Å². The summed E-state index contributed by atoms with van der Waals surface area (Å²) in [4.78, 5) is 12.2. The second-order valence-corrected chi connectivity index (χ2v) is 9.35. The van der Waals surface area contributed by atoms with Crippen LogP contribution in [0.4, 0.5) is 5.69 Å². The first-order chi connectivity index (χ1) is 15.3. The van der Waals surface area contributed by atoms with E-state index in [9.17, 15) is 13.2 Å².